The highest BCUT2D eigenvalue weighted by atomic mass is 32.2. The smallest absolute Gasteiger partial charge is 0.224 e. The maximum absolute atomic E-state index is 12.1. The third-order valence-electron chi connectivity index (χ3n) is 4.43. The molecule has 4 heterocycles. The van der Waals surface area contributed by atoms with Gasteiger partial charge in [0, 0.05) is 25.2 Å². The van der Waals surface area contributed by atoms with Gasteiger partial charge in [0.05, 0.1) is 33.7 Å². The van der Waals surface area contributed by atoms with Crippen LogP contribution in [0.4, 0.5) is 0 Å². The molecular formula is C17H18N4O3S2. The molecule has 0 aliphatic carbocycles. The number of thiophene rings is 1. The first-order valence-corrected chi connectivity index (χ1v) is 11.1. The van der Waals surface area contributed by atoms with E-state index in [0.717, 1.165) is 21.9 Å². The van der Waals surface area contributed by atoms with Crippen LogP contribution < -0.4 is 5.32 Å². The molecule has 4 rings (SSSR count). The minimum atomic E-state index is -3.04. The summed E-state index contributed by atoms with van der Waals surface area (Å²) in [6.07, 6.45) is 2.86. The van der Waals surface area contributed by atoms with E-state index in [9.17, 15) is 13.2 Å². The first-order chi connectivity index (χ1) is 12.5. The molecule has 0 bridgehead atoms. The Labute approximate surface area is 155 Å². The van der Waals surface area contributed by atoms with E-state index in [1.165, 1.54) is 0 Å². The number of rotatable bonds is 5. The molecule has 9 heteroatoms. The third kappa shape index (κ3) is 3.63. The largest absolute Gasteiger partial charge is 0.355 e. The van der Waals surface area contributed by atoms with Crippen LogP contribution in [0.1, 0.15) is 12.1 Å². The van der Waals surface area contributed by atoms with E-state index in [0.29, 0.717) is 19.4 Å². The van der Waals surface area contributed by atoms with Crippen molar-refractivity contribution in [2.75, 3.05) is 18.1 Å². The number of nitrogens with one attached hydrogen (secondary N) is 1. The fourth-order valence-electron chi connectivity index (χ4n) is 3.07. The highest BCUT2D eigenvalue weighted by Gasteiger charge is 2.32. The average Bonchev–Trinajstić information content (AvgIpc) is 3.32. The zero-order valence-electron chi connectivity index (χ0n) is 14.0. The van der Waals surface area contributed by atoms with Crippen molar-refractivity contribution in [1.82, 2.24) is 19.9 Å². The number of aromatic nitrogens is 3. The summed E-state index contributed by atoms with van der Waals surface area (Å²) in [7, 11) is -3.04. The predicted molar refractivity (Wildman–Crippen MR) is 99.8 cm³/mol. The Hall–Kier alpha value is -2.26. The van der Waals surface area contributed by atoms with Crippen molar-refractivity contribution in [3.05, 3.63) is 41.5 Å². The molecule has 1 fully saturated rings. The molecule has 1 saturated heterocycles. The first-order valence-electron chi connectivity index (χ1n) is 8.37. The lowest BCUT2D eigenvalue weighted by atomic mass is 10.1. The van der Waals surface area contributed by atoms with Crippen molar-refractivity contribution in [3.63, 3.8) is 0 Å². The summed E-state index contributed by atoms with van der Waals surface area (Å²) < 4.78 is 24.6. The van der Waals surface area contributed by atoms with Crippen molar-refractivity contribution in [1.29, 1.82) is 0 Å². The van der Waals surface area contributed by atoms with Crippen molar-refractivity contribution in [2.24, 2.45) is 5.92 Å². The molecule has 0 spiro atoms. The molecule has 1 atom stereocenters. The number of sulfone groups is 1. The molecule has 0 unspecified atom stereocenters. The van der Waals surface area contributed by atoms with Crippen LogP contribution in [-0.4, -0.2) is 47.0 Å². The van der Waals surface area contributed by atoms with Gasteiger partial charge in [-0.2, -0.15) is 5.10 Å². The summed E-state index contributed by atoms with van der Waals surface area (Å²) in [4.78, 5) is 17.8. The van der Waals surface area contributed by atoms with E-state index >= 15 is 0 Å². The Morgan fingerprint density at radius 2 is 2.27 bits per heavy atom. The van der Waals surface area contributed by atoms with E-state index in [2.05, 4.69) is 15.4 Å². The molecule has 3 aromatic rings. The van der Waals surface area contributed by atoms with Gasteiger partial charge in [-0.1, -0.05) is 6.07 Å². The van der Waals surface area contributed by atoms with Gasteiger partial charge in [-0.25, -0.2) is 17.9 Å². The van der Waals surface area contributed by atoms with Crippen LogP contribution in [0.3, 0.4) is 0 Å². The van der Waals surface area contributed by atoms with Crippen molar-refractivity contribution >= 4 is 32.7 Å². The van der Waals surface area contributed by atoms with E-state index in [4.69, 9.17) is 0 Å². The van der Waals surface area contributed by atoms with Gasteiger partial charge in [0.2, 0.25) is 5.91 Å². The topological polar surface area (TPSA) is 93.4 Å². The van der Waals surface area contributed by atoms with Crippen LogP contribution >= 0.6 is 11.3 Å². The van der Waals surface area contributed by atoms with Gasteiger partial charge >= 0.3 is 0 Å². The monoisotopic (exact) mass is 390 g/mol. The molecular weight excluding hydrogens is 372 g/mol. The molecule has 136 valence electrons. The molecule has 1 aliphatic rings. The number of hydrogen-bond acceptors (Lipinski definition) is 6. The van der Waals surface area contributed by atoms with Gasteiger partial charge < -0.3 is 5.32 Å². The Morgan fingerprint density at radius 1 is 1.38 bits per heavy atom. The highest BCUT2D eigenvalue weighted by Crippen LogP contribution is 2.23. The van der Waals surface area contributed by atoms with Crippen LogP contribution in [0.25, 0.3) is 16.2 Å². The molecule has 1 amide bonds. The fraction of sp³-hybridized carbons (Fsp3) is 0.353. The van der Waals surface area contributed by atoms with Crippen molar-refractivity contribution < 1.29 is 13.2 Å². The number of carbonyl (C=O) groups excluding carboxylic acids is 1. The van der Waals surface area contributed by atoms with E-state index in [1.54, 1.807) is 15.9 Å². The Balaban J connectivity index is 1.38. The zero-order chi connectivity index (χ0) is 18.1. The van der Waals surface area contributed by atoms with Crippen LogP contribution in [0, 0.1) is 5.92 Å². The van der Waals surface area contributed by atoms with Gasteiger partial charge in [-0.15, -0.1) is 11.3 Å². The molecule has 1 aliphatic heterocycles. The molecule has 3 aromatic heterocycles. The van der Waals surface area contributed by atoms with Gasteiger partial charge in [-0.05, 0) is 23.9 Å². The van der Waals surface area contributed by atoms with E-state index < -0.39 is 15.8 Å². The lowest BCUT2D eigenvalue weighted by Crippen LogP contribution is -2.32. The quantitative estimate of drug-likeness (QED) is 0.713. The van der Waals surface area contributed by atoms with E-state index in [-0.39, 0.29) is 17.4 Å². The zero-order valence-corrected chi connectivity index (χ0v) is 15.6. The van der Waals surface area contributed by atoms with Crippen LogP contribution in [0.5, 0.6) is 0 Å². The summed E-state index contributed by atoms with van der Waals surface area (Å²) in [6, 6.07) is 7.85. The standard InChI is InChI=1S/C17H18N4O3S2/c22-17(12-5-9-26(23,24)11-12)18-6-3-13-10-16-19-14(4-7-21(16)20-13)15-2-1-8-25-15/h1-2,4,7-8,10,12H,3,5-6,9,11H2,(H,18,22)/t12-/m1/s1. The number of amides is 1. The molecule has 26 heavy (non-hydrogen) atoms. The van der Waals surface area contributed by atoms with Crippen molar-refractivity contribution in [3.8, 4) is 10.6 Å². The molecule has 7 nitrogen and oxygen atoms in total. The summed E-state index contributed by atoms with van der Waals surface area (Å²) in [6.45, 7) is 0.428. The maximum atomic E-state index is 12.1. The summed E-state index contributed by atoms with van der Waals surface area (Å²) in [5, 5.41) is 9.30. The van der Waals surface area contributed by atoms with E-state index in [1.807, 2.05) is 35.8 Å². The lowest BCUT2D eigenvalue weighted by Gasteiger charge is -2.08. The Morgan fingerprint density at radius 3 is 3.00 bits per heavy atom. The minimum Gasteiger partial charge on any atom is -0.355 e. The third-order valence-corrected chi connectivity index (χ3v) is 7.09. The SMILES string of the molecule is O=C(NCCc1cc2nc(-c3cccs3)ccn2n1)[C@@H]1CCS(=O)(=O)C1. The molecule has 0 aromatic carbocycles. The summed E-state index contributed by atoms with van der Waals surface area (Å²) in [5.41, 5.74) is 2.51. The molecule has 1 N–H and O–H groups in total. The number of nitrogens with zero attached hydrogens (tertiary/aromatic N) is 3. The number of carbonyl (C=O) groups is 1. The van der Waals surface area contributed by atoms with Crippen LogP contribution in [0.15, 0.2) is 35.8 Å². The number of hydrogen-bond donors (Lipinski definition) is 1. The second-order valence-electron chi connectivity index (χ2n) is 6.37. The van der Waals surface area contributed by atoms with Gasteiger partial charge in [0.1, 0.15) is 0 Å². The first kappa shape index (κ1) is 17.2. The number of fused-ring (bicyclic) bond motifs is 1. The van der Waals surface area contributed by atoms with Crippen LogP contribution in [-0.2, 0) is 21.1 Å². The normalized spacial score (nSPS) is 19.0. The predicted octanol–water partition coefficient (Wildman–Crippen LogP) is 1.55. The van der Waals surface area contributed by atoms with Crippen LogP contribution in [0.2, 0.25) is 0 Å². The molecule has 0 radical (unpaired) electrons. The second-order valence-corrected chi connectivity index (χ2v) is 9.55. The summed E-state index contributed by atoms with van der Waals surface area (Å²) in [5.74, 6) is -0.540. The molecule has 0 saturated carbocycles. The Bertz CT molecular complexity index is 1040. The van der Waals surface area contributed by atoms with Crippen molar-refractivity contribution in [2.45, 2.75) is 12.8 Å². The average molecular weight is 390 g/mol. The van der Waals surface area contributed by atoms with Gasteiger partial charge in [0.25, 0.3) is 0 Å². The lowest BCUT2D eigenvalue weighted by molar-refractivity contribution is -0.124. The van der Waals surface area contributed by atoms with Gasteiger partial charge in [-0.3, -0.25) is 4.79 Å². The van der Waals surface area contributed by atoms with Gasteiger partial charge in [0.15, 0.2) is 15.5 Å². The maximum Gasteiger partial charge on any atom is 0.224 e. The Kier molecular flexibility index (Phi) is 4.49. The second kappa shape index (κ2) is 6.81. The minimum absolute atomic E-state index is 0.0391. The summed E-state index contributed by atoms with van der Waals surface area (Å²) >= 11 is 1.64. The fourth-order valence-corrected chi connectivity index (χ4v) is 5.51. The highest BCUT2D eigenvalue weighted by molar-refractivity contribution is 7.91.